The lowest BCUT2D eigenvalue weighted by atomic mass is 10.0. The second-order valence-corrected chi connectivity index (χ2v) is 4.99. The Morgan fingerprint density at radius 2 is 1.56 bits per heavy atom. The summed E-state index contributed by atoms with van der Waals surface area (Å²) in [4.78, 5) is 0. The van der Waals surface area contributed by atoms with E-state index in [1.165, 1.54) is 6.08 Å². The standard InChI is InChI=1S/C14H11FO2S/c15-18(16,17)10-9-12-5-4-8-14(11-12)13-6-2-1-3-7-13/h1-11H/b10-9+. The Morgan fingerprint density at radius 3 is 2.22 bits per heavy atom. The zero-order chi connectivity index (χ0) is 13.0. The van der Waals surface area contributed by atoms with E-state index in [9.17, 15) is 12.3 Å². The van der Waals surface area contributed by atoms with Crippen LogP contribution in [-0.4, -0.2) is 8.42 Å². The average Bonchev–Trinajstić information content (AvgIpc) is 2.37. The van der Waals surface area contributed by atoms with E-state index in [2.05, 4.69) is 0 Å². The molecule has 0 saturated heterocycles. The number of benzene rings is 2. The second kappa shape index (κ2) is 5.14. The summed E-state index contributed by atoms with van der Waals surface area (Å²) in [7, 11) is -4.58. The van der Waals surface area contributed by atoms with E-state index in [1.54, 1.807) is 18.2 Å². The predicted molar refractivity (Wildman–Crippen MR) is 70.9 cm³/mol. The number of hydrogen-bond acceptors (Lipinski definition) is 2. The molecular weight excluding hydrogens is 251 g/mol. The third kappa shape index (κ3) is 3.53. The monoisotopic (exact) mass is 262 g/mol. The third-order valence-electron chi connectivity index (χ3n) is 2.42. The van der Waals surface area contributed by atoms with E-state index < -0.39 is 10.2 Å². The molecule has 0 radical (unpaired) electrons. The van der Waals surface area contributed by atoms with Crippen LogP contribution in [0.4, 0.5) is 3.89 Å². The minimum absolute atomic E-state index is 0.553. The van der Waals surface area contributed by atoms with E-state index in [0.29, 0.717) is 11.0 Å². The molecule has 0 fully saturated rings. The van der Waals surface area contributed by atoms with E-state index in [1.807, 2.05) is 36.4 Å². The zero-order valence-electron chi connectivity index (χ0n) is 9.45. The first-order valence-electron chi connectivity index (χ1n) is 5.33. The molecule has 0 N–H and O–H groups in total. The molecule has 0 heterocycles. The molecule has 0 saturated carbocycles. The molecule has 0 amide bonds. The highest BCUT2D eigenvalue weighted by Crippen LogP contribution is 2.20. The van der Waals surface area contributed by atoms with Crippen molar-refractivity contribution in [3.63, 3.8) is 0 Å². The average molecular weight is 262 g/mol. The molecule has 0 unspecified atom stereocenters. The molecule has 0 aliphatic carbocycles. The van der Waals surface area contributed by atoms with Crippen molar-refractivity contribution in [3.05, 3.63) is 65.6 Å². The number of rotatable bonds is 3. The molecule has 0 bridgehead atoms. The molecule has 0 aliphatic heterocycles. The smallest absolute Gasteiger partial charge is 0.190 e. The van der Waals surface area contributed by atoms with Gasteiger partial charge in [0, 0.05) is 0 Å². The summed E-state index contributed by atoms with van der Waals surface area (Å²) in [5, 5.41) is 0.553. The van der Waals surface area contributed by atoms with Gasteiger partial charge in [-0.2, -0.15) is 8.42 Å². The molecule has 0 atom stereocenters. The van der Waals surface area contributed by atoms with Crippen molar-refractivity contribution in [1.29, 1.82) is 0 Å². The number of hydrogen-bond donors (Lipinski definition) is 0. The molecule has 4 heteroatoms. The SMILES string of the molecule is O=S(=O)(F)/C=C/c1cccc(-c2ccccc2)c1. The van der Waals surface area contributed by atoms with Crippen LogP contribution in [0.3, 0.4) is 0 Å². The van der Waals surface area contributed by atoms with Crippen molar-refractivity contribution in [2.45, 2.75) is 0 Å². The second-order valence-electron chi connectivity index (χ2n) is 3.77. The Kier molecular flexibility index (Phi) is 3.58. The molecule has 0 spiro atoms. The van der Waals surface area contributed by atoms with E-state index in [-0.39, 0.29) is 0 Å². The minimum Gasteiger partial charge on any atom is -0.190 e. The van der Waals surface area contributed by atoms with Crippen LogP contribution in [-0.2, 0) is 10.2 Å². The lowest BCUT2D eigenvalue weighted by molar-refractivity contribution is 0.563. The lowest BCUT2D eigenvalue weighted by Crippen LogP contribution is -1.82. The Labute approximate surface area is 106 Å². The van der Waals surface area contributed by atoms with Crippen LogP contribution in [0, 0.1) is 0 Å². The van der Waals surface area contributed by atoms with Gasteiger partial charge in [0.05, 0.1) is 5.41 Å². The highest BCUT2D eigenvalue weighted by atomic mass is 32.3. The molecule has 18 heavy (non-hydrogen) atoms. The summed E-state index contributed by atoms with van der Waals surface area (Å²) in [5.41, 5.74) is 2.61. The van der Waals surface area contributed by atoms with Crippen molar-refractivity contribution in [3.8, 4) is 11.1 Å². The van der Waals surface area contributed by atoms with Crippen LogP contribution in [0.2, 0.25) is 0 Å². The van der Waals surface area contributed by atoms with Crippen molar-refractivity contribution in [2.24, 2.45) is 0 Å². The Morgan fingerprint density at radius 1 is 0.889 bits per heavy atom. The van der Waals surface area contributed by atoms with E-state index >= 15 is 0 Å². The largest absolute Gasteiger partial charge is 0.325 e. The summed E-state index contributed by atoms with van der Waals surface area (Å²) in [6.45, 7) is 0. The Bertz CT molecular complexity index is 661. The first-order valence-corrected chi connectivity index (χ1v) is 6.77. The molecule has 2 aromatic carbocycles. The molecule has 2 aromatic rings. The van der Waals surface area contributed by atoms with Gasteiger partial charge in [-0.3, -0.25) is 0 Å². The maximum Gasteiger partial charge on any atom is 0.325 e. The van der Waals surface area contributed by atoms with Gasteiger partial charge in [0.25, 0.3) is 0 Å². The van der Waals surface area contributed by atoms with E-state index in [0.717, 1.165) is 11.1 Å². The van der Waals surface area contributed by atoms with Crippen molar-refractivity contribution >= 4 is 16.3 Å². The summed E-state index contributed by atoms with van der Waals surface area (Å²) in [6, 6.07) is 16.9. The van der Waals surface area contributed by atoms with Crippen LogP contribution in [0.15, 0.2) is 60.0 Å². The van der Waals surface area contributed by atoms with Crippen molar-refractivity contribution in [1.82, 2.24) is 0 Å². The molecule has 0 aliphatic rings. The molecular formula is C14H11FO2S. The van der Waals surface area contributed by atoms with Crippen LogP contribution >= 0.6 is 0 Å². The van der Waals surface area contributed by atoms with Gasteiger partial charge in [0.2, 0.25) is 0 Å². The van der Waals surface area contributed by atoms with Crippen LogP contribution < -0.4 is 0 Å². The van der Waals surface area contributed by atoms with Crippen LogP contribution in [0.1, 0.15) is 5.56 Å². The highest BCUT2D eigenvalue weighted by molar-refractivity contribution is 7.89. The number of halogens is 1. The first-order chi connectivity index (χ1) is 8.54. The first kappa shape index (κ1) is 12.5. The highest BCUT2D eigenvalue weighted by Gasteiger charge is 2.00. The summed E-state index contributed by atoms with van der Waals surface area (Å²) < 4.78 is 33.2. The normalized spacial score (nSPS) is 11.8. The molecule has 0 aromatic heterocycles. The van der Waals surface area contributed by atoms with Gasteiger partial charge in [-0.05, 0) is 28.8 Å². The third-order valence-corrected chi connectivity index (χ3v) is 2.88. The fourth-order valence-electron chi connectivity index (χ4n) is 1.61. The fraction of sp³-hybridized carbons (Fsp3) is 0. The molecule has 92 valence electrons. The molecule has 2 nitrogen and oxygen atoms in total. The maximum absolute atomic E-state index is 12.4. The topological polar surface area (TPSA) is 34.1 Å². The Hall–Kier alpha value is -1.94. The van der Waals surface area contributed by atoms with Gasteiger partial charge >= 0.3 is 10.2 Å². The van der Waals surface area contributed by atoms with Gasteiger partial charge in [-0.15, -0.1) is 3.89 Å². The maximum atomic E-state index is 12.4. The Balaban J connectivity index is 2.35. The summed E-state index contributed by atoms with van der Waals surface area (Å²) >= 11 is 0. The van der Waals surface area contributed by atoms with E-state index in [4.69, 9.17) is 0 Å². The van der Waals surface area contributed by atoms with Crippen molar-refractivity contribution in [2.75, 3.05) is 0 Å². The summed E-state index contributed by atoms with van der Waals surface area (Å²) in [6.07, 6.45) is 1.24. The quantitative estimate of drug-likeness (QED) is 0.792. The van der Waals surface area contributed by atoms with Gasteiger partial charge in [-0.25, -0.2) is 0 Å². The predicted octanol–water partition coefficient (Wildman–Crippen LogP) is 3.62. The van der Waals surface area contributed by atoms with Gasteiger partial charge in [0.1, 0.15) is 0 Å². The minimum atomic E-state index is -4.58. The molecule has 2 rings (SSSR count). The summed E-state index contributed by atoms with van der Waals surface area (Å²) in [5.74, 6) is 0. The fourth-order valence-corrected chi connectivity index (χ4v) is 1.93. The zero-order valence-corrected chi connectivity index (χ0v) is 10.3. The lowest BCUT2D eigenvalue weighted by Gasteiger charge is -2.02. The van der Waals surface area contributed by atoms with Gasteiger partial charge < -0.3 is 0 Å². The van der Waals surface area contributed by atoms with Crippen LogP contribution in [0.5, 0.6) is 0 Å². The van der Waals surface area contributed by atoms with Crippen LogP contribution in [0.25, 0.3) is 17.2 Å². The van der Waals surface area contributed by atoms with Gasteiger partial charge in [-0.1, -0.05) is 48.5 Å². The van der Waals surface area contributed by atoms with Gasteiger partial charge in [0.15, 0.2) is 0 Å². The van der Waals surface area contributed by atoms with Crippen molar-refractivity contribution < 1.29 is 12.3 Å².